The van der Waals surface area contributed by atoms with E-state index in [-0.39, 0.29) is 11.3 Å². The molecule has 0 spiro atoms. The van der Waals surface area contributed by atoms with Crippen molar-refractivity contribution < 1.29 is 18.0 Å². The summed E-state index contributed by atoms with van der Waals surface area (Å²) in [5.74, 6) is -0.893. The van der Waals surface area contributed by atoms with E-state index >= 15 is 0 Å². The third-order valence-electron chi connectivity index (χ3n) is 3.94. The Morgan fingerprint density at radius 2 is 1.94 bits per heavy atom. The number of amides is 1. The Labute approximate surface area is 105 Å². The highest BCUT2D eigenvalue weighted by molar-refractivity contribution is 5.85. The number of nitrogens with two attached hydrogens (primary N) is 1. The van der Waals surface area contributed by atoms with Gasteiger partial charge in [0.1, 0.15) is 5.54 Å². The van der Waals surface area contributed by atoms with E-state index in [1.807, 2.05) is 0 Å². The van der Waals surface area contributed by atoms with Gasteiger partial charge in [-0.3, -0.25) is 10.1 Å². The van der Waals surface area contributed by atoms with Crippen molar-refractivity contribution in [3.05, 3.63) is 0 Å². The Hall–Kier alpha value is -0.780. The Balaban J connectivity index is 2.86. The molecule has 0 aromatic carbocycles. The fraction of sp³-hybridized carbons (Fsp3) is 0.917. The van der Waals surface area contributed by atoms with E-state index in [2.05, 4.69) is 19.2 Å². The van der Waals surface area contributed by atoms with Crippen molar-refractivity contribution in [1.82, 2.24) is 5.32 Å². The highest BCUT2D eigenvalue weighted by Gasteiger charge is 2.49. The predicted molar refractivity (Wildman–Crippen MR) is 62.8 cm³/mol. The molecule has 0 aromatic rings. The van der Waals surface area contributed by atoms with Crippen LogP contribution in [0.3, 0.4) is 0 Å². The zero-order valence-corrected chi connectivity index (χ0v) is 11.0. The minimum absolute atomic E-state index is 0.0400. The molecular formula is C12H21F3N2O. The number of nitrogens with one attached hydrogen (secondary N) is 1. The van der Waals surface area contributed by atoms with E-state index in [9.17, 15) is 18.0 Å². The number of alkyl halides is 3. The van der Waals surface area contributed by atoms with E-state index in [1.165, 1.54) is 0 Å². The maximum atomic E-state index is 12.3. The van der Waals surface area contributed by atoms with Gasteiger partial charge >= 0.3 is 6.18 Å². The lowest BCUT2D eigenvalue weighted by Gasteiger charge is -2.47. The van der Waals surface area contributed by atoms with E-state index in [1.54, 1.807) is 6.92 Å². The van der Waals surface area contributed by atoms with Crippen molar-refractivity contribution in [2.45, 2.75) is 51.7 Å². The first-order valence-corrected chi connectivity index (χ1v) is 6.10. The molecule has 106 valence electrons. The van der Waals surface area contributed by atoms with Gasteiger partial charge in [-0.05, 0) is 30.6 Å². The lowest BCUT2D eigenvalue weighted by atomic mass is 9.63. The molecule has 1 aliphatic rings. The Bertz CT molecular complexity index is 328. The van der Waals surface area contributed by atoms with Gasteiger partial charge in [0, 0.05) is 0 Å². The lowest BCUT2D eigenvalue weighted by Crippen LogP contribution is -2.63. The predicted octanol–water partition coefficient (Wildman–Crippen LogP) is 2.21. The Kier molecular flexibility index (Phi) is 4.00. The first kappa shape index (κ1) is 15.3. The molecule has 0 heterocycles. The average molecular weight is 266 g/mol. The normalized spacial score (nSPS) is 32.2. The van der Waals surface area contributed by atoms with Crippen LogP contribution in [0.15, 0.2) is 0 Å². The first-order chi connectivity index (χ1) is 7.99. The van der Waals surface area contributed by atoms with Gasteiger partial charge in [-0.25, -0.2) is 0 Å². The van der Waals surface area contributed by atoms with Crippen molar-refractivity contribution in [3.8, 4) is 0 Å². The van der Waals surface area contributed by atoms with Gasteiger partial charge in [0.05, 0.1) is 6.54 Å². The average Bonchev–Trinajstić information content (AvgIpc) is 2.13. The fourth-order valence-electron chi connectivity index (χ4n) is 2.86. The van der Waals surface area contributed by atoms with Crippen LogP contribution in [-0.2, 0) is 4.79 Å². The van der Waals surface area contributed by atoms with Crippen molar-refractivity contribution in [1.29, 1.82) is 0 Å². The third-order valence-corrected chi connectivity index (χ3v) is 3.94. The third kappa shape index (κ3) is 3.37. The van der Waals surface area contributed by atoms with Crippen LogP contribution in [0.5, 0.6) is 0 Å². The van der Waals surface area contributed by atoms with E-state index < -0.39 is 24.2 Å². The van der Waals surface area contributed by atoms with Crippen molar-refractivity contribution >= 4 is 5.91 Å². The molecule has 2 atom stereocenters. The lowest BCUT2D eigenvalue weighted by molar-refractivity contribution is -0.142. The molecule has 0 radical (unpaired) electrons. The summed E-state index contributed by atoms with van der Waals surface area (Å²) in [4.78, 5) is 11.6. The second-order valence-electron chi connectivity index (χ2n) is 6.07. The maximum absolute atomic E-state index is 12.3. The maximum Gasteiger partial charge on any atom is 0.401 e. The molecule has 0 aliphatic heterocycles. The highest BCUT2D eigenvalue weighted by Crippen LogP contribution is 2.44. The molecule has 1 amide bonds. The van der Waals surface area contributed by atoms with Crippen LogP contribution in [0.1, 0.15) is 40.0 Å². The Morgan fingerprint density at radius 1 is 1.39 bits per heavy atom. The van der Waals surface area contributed by atoms with E-state index in [0.29, 0.717) is 19.3 Å². The molecule has 6 heteroatoms. The van der Waals surface area contributed by atoms with Crippen LogP contribution >= 0.6 is 0 Å². The summed E-state index contributed by atoms with van der Waals surface area (Å²) in [6.45, 7) is 4.71. The van der Waals surface area contributed by atoms with Gasteiger partial charge in [0.15, 0.2) is 0 Å². The van der Waals surface area contributed by atoms with Crippen LogP contribution in [-0.4, -0.2) is 24.2 Å². The summed E-state index contributed by atoms with van der Waals surface area (Å²) >= 11 is 0. The standard InChI is InChI=1S/C12H21F3N2O/c1-8-6-10(2,3)4-5-11(8,9(16)18)17-7-12(13,14)15/h8,17H,4-7H2,1-3H3,(H2,16,18). The number of hydrogen-bond acceptors (Lipinski definition) is 2. The molecule has 2 unspecified atom stereocenters. The molecule has 18 heavy (non-hydrogen) atoms. The SMILES string of the molecule is CC1CC(C)(C)CCC1(NCC(F)(F)F)C(N)=O. The minimum Gasteiger partial charge on any atom is -0.368 e. The van der Waals surface area contributed by atoms with E-state index in [0.717, 1.165) is 0 Å². The molecule has 1 aliphatic carbocycles. The number of hydrogen-bond donors (Lipinski definition) is 2. The molecular weight excluding hydrogens is 245 g/mol. The summed E-state index contributed by atoms with van der Waals surface area (Å²) in [6.07, 6.45) is -2.62. The number of primary amides is 1. The topological polar surface area (TPSA) is 55.1 Å². The number of rotatable bonds is 3. The zero-order valence-electron chi connectivity index (χ0n) is 11.0. The second-order valence-corrected chi connectivity index (χ2v) is 6.07. The van der Waals surface area contributed by atoms with Crippen LogP contribution in [0.4, 0.5) is 13.2 Å². The summed E-state index contributed by atoms with van der Waals surface area (Å²) in [7, 11) is 0. The number of halogens is 3. The Morgan fingerprint density at radius 3 is 2.33 bits per heavy atom. The molecule has 1 fully saturated rings. The summed E-state index contributed by atoms with van der Waals surface area (Å²) in [6, 6.07) is 0. The minimum atomic E-state index is -4.34. The van der Waals surface area contributed by atoms with Gasteiger partial charge in [-0.15, -0.1) is 0 Å². The largest absolute Gasteiger partial charge is 0.401 e. The smallest absolute Gasteiger partial charge is 0.368 e. The second kappa shape index (κ2) is 4.72. The number of carbonyl (C=O) groups is 1. The highest BCUT2D eigenvalue weighted by atomic mass is 19.4. The van der Waals surface area contributed by atoms with E-state index in [4.69, 9.17) is 5.73 Å². The van der Waals surface area contributed by atoms with Gasteiger partial charge in [0.2, 0.25) is 5.91 Å². The molecule has 0 aromatic heterocycles. The molecule has 0 saturated heterocycles. The summed E-state index contributed by atoms with van der Waals surface area (Å²) < 4.78 is 36.9. The monoisotopic (exact) mass is 266 g/mol. The van der Waals surface area contributed by atoms with Crippen LogP contribution in [0, 0.1) is 11.3 Å². The number of carbonyl (C=O) groups excluding carboxylic acids is 1. The van der Waals surface area contributed by atoms with Gasteiger partial charge in [-0.2, -0.15) is 13.2 Å². The molecule has 3 N–H and O–H groups in total. The van der Waals surface area contributed by atoms with Crippen molar-refractivity contribution in [2.24, 2.45) is 17.1 Å². The molecule has 3 nitrogen and oxygen atoms in total. The summed E-state index contributed by atoms with van der Waals surface area (Å²) in [5.41, 5.74) is 4.15. The molecule has 1 rings (SSSR count). The first-order valence-electron chi connectivity index (χ1n) is 6.10. The van der Waals surface area contributed by atoms with Crippen LogP contribution in [0.2, 0.25) is 0 Å². The quantitative estimate of drug-likeness (QED) is 0.823. The van der Waals surface area contributed by atoms with Gasteiger partial charge < -0.3 is 5.73 Å². The van der Waals surface area contributed by atoms with Gasteiger partial charge in [0.25, 0.3) is 0 Å². The summed E-state index contributed by atoms with van der Waals surface area (Å²) in [5, 5.41) is 2.36. The molecule has 1 saturated carbocycles. The molecule has 0 bridgehead atoms. The zero-order chi connectivity index (χ0) is 14.2. The van der Waals surface area contributed by atoms with Crippen molar-refractivity contribution in [2.75, 3.05) is 6.54 Å². The van der Waals surface area contributed by atoms with Crippen LogP contribution < -0.4 is 11.1 Å². The van der Waals surface area contributed by atoms with Crippen LogP contribution in [0.25, 0.3) is 0 Å². The van der Waals surface area contributed by atoms with Crippen molar-refractivity contribution in [3.63, 3.8) is 0 Å². The fourth-order valence-corrected chi connectivity index (χ4v) is 2.86. The van der Waals surface area contributed by atoms with Gasteiger partial charge in [-0.1, -0.05) is 20.8 Å².